The summed E-state index contributed by atoms with van der Waals surface area (Å²) in [6.07, 6.45) is 0.513. The second kappa shape index (κ2) is 6.86. The fourth-order valence-electron chi connectivity index (χ4n) is 3.75. The molecule has 2 aromatic carbocycles. The number of carbonyl (C=O) groups is 1. The third kappa shape index (κ3) is 3.16. The molecule has 0 bridgehead atoms. The van der Waals surface area contributed by atoms with Crippen molar-refractivity contribution in [2.75, 3.05) is 19.7 Å². The molecule has 2 aliphatic rings. The number of ether oxygens (including phenoxy) is 2. The first kappa shape index (κ1) is 18.9. The van der Waals surface area contributed by atoms with E-state index in [0.717, 1.165) is 6.07 Å². The van der Waals surface area contributed by atoms with E-state index in [0.29, 0.717) is 17.7 Å². The van der Waals surface area contributed by atoms with Gasteiger partial charge in [0, 0.05) is 13.0 Å². The van der Waals surface area contributed by atoms with Gasteiger partial charge in [-0.15, -0.1) is 0 Å². The van der Waals surface area contributed by atoms with Crippen LogP contribution >= 0.6 is 0 Å². The van der Waals surface area contributed by atoms with Gasteiger partial charge in [-0.1, -0.05) is 12.1 Å². The summed E-state index contributed by atoms with van der Waals surface area (Å²) in [6.45, 7) is 2.25. The van der Waals surface area contributed by atoms with Gasteiger partial charge in [0.25, 0.3) is 0 Å². The van der Waals surface area contributed by atoms with E-state index in [1.165, 1.54) is 16.4 Å². The van der Waals surface area contributed by atoms with Crippen LogP contribution in [-0.2, 0) is 10.0 Å². The quantitative estimate of drug-likeness (QED) is 0.782. The molecule has 1 spiro atoms. The molecule has 0 aromatic heterocycles. The highest BCUT2D eigenvalue weighted by atomic mass is 32.2. The topological polar surface area (TPSA) is 72.9 Å². The molecule has 2 heterocycles. The van der Waals surface area contributed by atoms with E-state index >= 15 is 0 Å². The summed E-state index contributed by atoms with van der Waals surface area (Å²) in [5.41, 5.74) is -0.370. The van der Waals surface area contributed by atoms with Crippen molar-refractivity contribution in [2.45, 2.75) is 30.3 Å². The Bertz CT molecular complexity index is 1040. The van der Waals surface area contributed by atoms with Gasteiger partial charge in [-0.25, -0.2) is 12.8 Å². The van der Waals surface area contributed by atoms with Crippen molar-refractivity contribution in [3.05, 3.63) is 53.8 Å². The minimum Gasteiger partial charge on any atom is -0.491 e. The molecule has 1 unspecified atom stereocenters. The number of Topliss-reactive ketones (excluding diaryl/α,β-unsaturated/α-hetero) is 1. The Morgan fingerprint density at radius 3 is 2.79 bits per heavy atom. The van der Waals surface area contributed by atoms with E-state index in [1.807, 2.05) is 0 Å². The minimum absolute atomic E-state index is 0.0113. The van der Waals surface area contributed by atoms with Crippen molar-refractivity contribution in [1.29, 1.82) is 0 Å². The number of para-hydroxylation sites is 1. The van der Waals surface area contributed by atoms with Crippen LogP contribution in [0, 0.1) is 5.82 Å². The third-order valence-electron chi connectivity index (χ3n) is 5.12. The van der Waals surface area contributed by atoms with Crippen LogP contribution in [0.2, 0.25) is 0 Å². The number of hydrogen-bond donors (Lipinski definition) is 0. The lowest BCUT2D eigenvalue weighted by molar-refractivity contribution is 0.0498. The van der Waals surface area contributed by atoms with Crippen LogP contribution < -0.4 is 9.47 Å². The SMILES string of the molecule is CCOc1ccc(S(=O)(=O)N2CCC3(CC(=O)c4ccccc4O3)C2)cc1F. The zero-order valence-corrected chi connectivity index (χ0v) is 16.2. The molecule has 1 atom stereocenters. The normalized spacial score (nSPS) is 22.1. The van der Waals surface area contributed by atoms with E-state index in [2.05, 4.69) is 0 Å². The summed E-state index contributed by atoms with van der Waals surface area (Å²) in [7, 11) is -3.92. The Hall–Kier alpha value is -2.45. The largest absolute Gasteiger partial charge is 0.491 e. The summed E-state index contributed by atoms with van der Waals surface area (Å²) in [5, 5.41) is 0. The molecule has 0 N–H and O–H groups in total. The third-order valence-corrected chi connectivity index (χ3v) is 6.96. The maximum Gasteiger partial charge on any atom is 0.243 e. The zero-order valence-electron chi connectivity index (χ0n) is 15.4. The standard InChI is InChI=1S/C20H20FNO5S/c1-2-26-19-8-7-14(11-16(19)21)28(24,25)22-10-9-20(13-22)12-17(23)15-5-3-4-6-18(15)27-20/h3-8,11H,2,9-10,12-13H2,1H3. The maximum atomic E-state index is 14.1. The molecule has 8 heteroatoms. The van der Waals surface area contributed by atoms with Crippen LogP contribution in [0.3, 0.4) is 0 Å². The lowest BCUT2D eigenvalue weighted by atomic mass is 9.89. The van der Waals surface area contributed by atoms with Gasteiger partial charge >= 0.3 is 0 Å². The van der Waals surface area contributed by atoms with E-state index in [-0.39, 0.29) is 42.5 Å². The monoisotopic (exact) mass is 405 g/mol. The Kier molecular flexibility index (Phi) is 4.63. The number of fused-ring (bicyclic) bond motifs is 1. The number of nitrogens with zero attached hydrogens (tertiary/aromatic N) is 1. The minimum atomic E-state index is -3.92. The van der Waals surface area contributed by atoms with Gasteiger partial charge in [0.05, 0.1) is 30.0 Å². The van der Waals surface area contributed by atoms with Crippen molar-refractivity contribution in [2.24, 2.45) is 0 Å². The molecule has 4 rings (SSSR count). The average Bonchev–Trinajstić information content (AvgIpc) is 3.07. The second-order valence-electron chi connectivity index (χ2n) is 7.00. The van der Waals surface area contributed by atoms with Crippen molar-refractivity contribution in [1.82, 2.24) is 4.31 Å². The molecule has 6 nitrogen and oxygen atoms in total. The zero-order chi connectivity index (χ0) is 19.9. The Morgan fingerprint density at radius 2 is 2.04 bits per heavy atom. The second-order valence-corrected chi connectivity index (χ2v) is 8.93. The molecule has 2 aromatic rings. The number of carbonyl (C=O) groups excluding carboxylic acids is 1. The molecule has 1 saturated heterocycles. The summed E-state index contributed by atoms with van der Waals surface area (Å²) < 4.78 is 52.6. The van der Waals surface area contributed by atoms with E-state index in [4.69, 9.17) is 9.47 Å². The summed E-state index contributed by atoms with van der Waals surface area (Å²) >= 11 is 0. The molecule has 0 radical (unpaired) electrons. The summed E-state index contributed by atoms with van der Waals surface area (Å²) in [5.74, 6) is -0.301. The van der Waals surface area contributed by atoms with Gasteiger partial charge in [-0.05, 0) is 37.3 Å². The fraction of sp³-hybridized carbons (Fsp3) is 0.350. The first-order valence-corrected chi connectivity index (χ1v) is 10.5. The van der Waals surface area contributed by atoms with Gasteiger partial charge < -0.3 is 9.47 Å². The smallest absolute Gasteiger partial charge is 0.243 e. The van der Waals surface area contributed by atoms with Gasteiger partial charge in [0.2, 0.25) is 10.0 Å². The van der Waals surface area contributed by atoms with Gasteiger partial charge in [-0.2, -0.15) is 4.31 Å². The lowest BCUT2D eigenvalue weighted by Gasteiger charge is -2.34. The molecule has 0 saturated carbocycles. The average molecular weight is 405 g/mol. The number of hydrogen-bond acceptors (Lipinski definition) is 5. The van der Waals surface area contributed by atoms with Gasteiger partial charge in [0.15, 0.2) is 17.3 Å². The predicted molar refractivity (Wildman–Crippen MR) is 99.7 cm³/mol. The highest BCUT2D eigenvalue weighted by molar-refractivity contribution is 7.89. The van der Waals surface area contributed by atoms with Crippen molar-refractivity contribution in [3.63, 3.8) is 0 Å². The lowest BCUT2D eigenvalue weighted by Crippen LogP contribution is -2.45. The number of ketones is 1. The Morgan fingerprint density at radius 1 is 1.25 bits per heavy atom. The molecule has 2 aliphatic heterocycles. The van der Waals surface area contributed by atoms with Crippen molar-refractivity contribution < 1.29 is 27.1 Å². The van der Waals surface area contributed by atoms with Crippen molar-refractivity contribution >= 4 is 15.8 Å². The van der Waals surface area contributed by atoms with E-state index < -0.39 is 21.4 Å². The molecule has 1 fully saturated rings. The van der Waals surface area contributed by atoms with Crippen LogP contribution in [0.1, 0.15) is 30.1 Å². The maximum absolute atomic E-state index is 14.1. The van der Waals surface area contributed by atoms with Gasteiger partial charge in [0.1, 0.15) is 11.4 Å². The Balaban J connectivity index is 1.59. The van der Waals surface area contributed by atoms with Crippen molar-refractivity contribution in [3.8, 4) is 11.5 Å². The highest BCUT2D eigenvalue weighted by Gasteiger charge is 2.48. The number of benzene rings is 2. The highest BCUT2D eigenvalue weighted by Crippen LogP contribution is 2.40. The molecule has 0 aliphatic carbocycles. The molecular formula is C20H20FNO5S. The van der Waals surface area contributed by atoms with Crippen LogP contribution in [0.15, 0.2) is 47.4 Å². The van der Waals surface area contributed by atoms with Crippen LogP contribution in [0.4, 0.5) is 4.39 Å². The first-order chi connectivity index (χ1) is 13.3. The predicted octanol–water partition coefficient (Wildman–Crippen LogP) is 3.02. The van der Waals surface area contributed by atoms with E-state index in [9.17, 15) is 17.6 Å². The number of sulfonamides is 1. The van der Waals surface area contributed by atoms with Gasteiger partial charge in [-0.3, -0.25) is 4.79 Å². The van der Waals surface area contributed by atoms with E-state index in [1.54, 1.807) is 31.2 Å². The molecule has 28 heavy (non-hydrogen) atoms. The molecular weight excluding hydrogens is 385 g/mol. The number of halogens is 1. The first-order valence-electron chi connectivity index (χ1n) is 9.08. The summed E-state index contributed by atoms with van der Waals surface area (Å²) in [6, 6.07) is 10.6. The molecule has 148 valence electrons. The molecule has 0 amide bonds. The fourth-order valence-corrected chi connectivity index (χ4v) is 5.27. The Labute approximate surface area is 162 Å². The van der Waals surface area contributed by atoms with Crippen LogP contribution in [-0.4, -0.2) is 43.8 Å². The summed E-state index contributed by atoms with van der Waals surface area (Å²) in [4.78, 5) is 12.4. The van der Waals surface area contributed by atoms with Crippen LogP contribution in [0.25, 0.3) is 0 Å². The number of rotatable bonds is 4. The van der Waals surface area contributed by atoms with Crippen LogP contribution in [0.5, 0.6) is 11.5 Å².